The van der Waals surface area contributed by atoms with Gasteiger partial charge in [-0.25, -0.2) is 0 Å². The Morgan fingerprint density at radius 2 is 1.89 bits per heavy atom. The summed E-state index contributed by atoms with van der Waals surface area (Å²) in [4.78, 5) is 2.57. The van der Waals surface area contributed by atoms with E-state index in [0.29, 0.717) is 0 Å². The number of rotatable bonds is 4. The first-order chi connectivity index (χ1) is 8.77. The molecule has 3 heteroatoms. The lowest BCUT2D eigenvalue weighted by Gasteiger charge is -2.20. The maximum absolute atomic E-state index is 5.91. The van der Waals surface area contributed by atoms with Crippen LogP contribution in [0.2, 0.25) is 0 Å². The Hall–Kier alpha value is -1.22. The van der Waals surface area contributed by atoms with Crippen LogP contribution in [-0.4, -0.2) is 31.1 Å². The van der Waals surface area contributed by atoms with Crippen LogP contribution in [0.15, 0.2) is 18.2 Å². The Labute approximate surface area is 110 Å². The van der Waals surface area contributed by atoms with Gasteiger partial charge in [0.05, 0.1) is 0 Å². The number of nitrogen functional groups attached to an aromatic ring is 1. The van der Waals surface area contributed by atoms with E-state index in [0.717, 1.165) is 24.3 Å². The lowest BCUT2D eigenvalue weighted by molar-refractivity contribution is 0.296. The molecule has 0 aliphatic carbocycles. The van der Waals surface area contributed by atoms with Gasteiger partial charge in [-0.15, -0.1) is 0 Å². The van der Waals surface area contributed by atoms with Gasteiger partial charge in [0.25, 0.3) is 0 Å². The minimum Gasteiger partial charge on any atom is -0.398 e. The molecule has 3 nitrogen and oxygen atoms in total. The molecule has 1 heterocycles. The SMILES string of the molecule is Cc1c(N)cccc1NCCN1CCCCCC1. The van der Waals surface area contributed by atoms with Crippen molar-refractivity contribution in [3.05, 3.63) is 23.8 Å². The Morgan fingerprint density at radius 1 is 1.17 bits per heavy atom. The maximum atomic E-state index is 5.91. The van der Waals surface area contributed by atoms with Gasteiger partial charge in [0, 0.05) is 24.5 Å². The number of hydrogen-bond acceptors (Lipinski definition) is 3. The van der Waals surface area contributed by atoms with Crippen LogP contribution in [0, 0.1) is 6.92 Å². The quantitative estimate of drug-likeness (QED) is 0.804. The van der Waals surface area contributed by atoms with Crippen molar-refractivity contribution in [3.63, 3.8) is 0 Å². The van der Waals surface area contributed by atoms with Crippen molar-refractivity contribution in [2.45, 2.75) is 32.6 Å². The maximum Gasteiger partial charge on any atom is 0.0391 e. The van der Waals surface area contributed by atoms with E-state index in [4.69, 9.17) is 5.73 Å². The zero-order valence-electron chi connectivity index (χ0n) is 11.4. The third-order valence-electron chi connectivity index (χ3n) is 3.82. The fraction of sp³-hybridized carbons (Fsp3) is 0.600. The summed E-state index contributed by atoms with van der Waals surface area (Å²) in [7, 11) is 0. The number of nitrogens with zero attached hydrogens (tertiary/aromatic N) is 1. The number of hydrogen-bond donors (Lipinski definition) is 2. The molecule has 0 atom stereocenters. The predicted octanol–water partition coefficient (Wildman–Crippen LogP) is 2.87. The van der Waals surface area contributed by atoms with Crippen molar-refractivity contribution in [2.75, 3.05) is 37.2 Å². The molecule has 1 aliphatic rings. The lowest BCUT2D eigenvalue weighted by atomic mass is 10.1. The molecule has 1 aromatic rings. The summed E-state index contributed by atoms with van der Waals surface area (Å²) >= 11 is 0. The summed E-state index contributed by atoms with van der Waals surface area (Å²) in [6, 6.07) is 6.07. The van der Waals surface area contributed by atoms with Crippen LogP contribution in [0.25, 0.3) is 0 Å². The van der Waals surface area contributed by atoms with Crippen molar-refractivity contribution >= 4 is 11.4 Å². The number of anilines is 2. The molecule has 2 rings (SSSR count). The number of benzene rings is 1. The largest absolute Gasteiger partial charge is 0.398 e. The number of nitrogens with two attached hydrogens (primary N) is 1. The van der Waals surface area contributed by atoms with Crippen LogP contribution in [0.1, 0.15) is 31.2 Å². The molecule has 0 amide bonds. The second-order valence-corrected chi connectivity index (χ2v) is 5.20. The van der Waals surface area contributed by atoms with Crippen LogP contribution >= 0.6 is 0 Å². The Morgan fingerprint density at radius 3 is 2.61 bits per heavy atom. The van der Waals surface area contributed by atoms with E-state index in [1.165, 1.54) is 44.5 Å². The summed E-state index contributed by atoms with van der Waals surface area (Å²) < 4.78 is 0. The molecule has 0 spiro atoms. The van der Waals surface area contributed by atoms with Crippen molar-refractivity contribution in [2.24, 2.45) is 0 Å². The highest BCUT2D eigenvalue weighted by molar-refractivity contribution is 5.62. The standard InChI is InChI=1S/C15H25N3/c1-13-14(16)7-6-8-15(13)17-9-12-18-10-4-2-3-5-11-18/h6-8,17H,2-5,9-12,16H2,1H3. The summed E-state index contributed by atoms with van der Waals surface area (Å²) in [6.07, 6.45) is 5.52. The Balaban J connectivity index is 1.79. The smallest absolute Gasteiger partial charge is 0.0391 e. The third kappa shape index (κ3) is 3.64. The van der Waals surface area contributed by atoms with Crippen LogP contribution in [-0.2, 0) is 0 Å². The molecular formula is C15H25N3. The van der Waals surface area contributed by atoms with Gasteiger partial charge in [-0.05, 0) is 50.6 Å². The van der Waals surface area contributed by atoms with Gasteiger partial charge in [-0.1, -0.05) is 18.9 Å². The van der Waals surface area contributed by atoms with Crippen LogP contribution in [0.4, 0.5) is 11.4 Å². The zero-order chi connectivity index (χ0) is 12.8. The average molecular weight is 247 g/mol. The van der Waals surface area contributed by atoms with Crippen molar-refractivity contribution in [1.82, 2.24) is 4.90 Å². The topological polar surface area (TPSA) is 41.3 Å². The van der Waals surface area contributed by atoms with Gasteiger partial charge < -0.3 is 16.0 Å². The first kappa shape index (κ1) is 13.2. The lowest BCUT2D eigenvalue weighted by Crippen LogP contribution is -2.30. The summed E-state index contributed by atoms with van der Waals surface area (Å²) in [6.45, 7) is 6.73. The molecule has 0 saturated carbocycles. The second-order valence-electron chi connectivity index (χ2n) is 5.20. The molecule has 0 bridgehead atoms. The van der Waals surface area contributed by atoms with Crippen molar-refractivity contribution < 1.29 is 0 Å². The summed E-state index contributed by atoms with van der Waals surface area (Å²) in [5, 5.41) is 3.50. The van der Waals surface area contributed by atoms with Gasteiger partial charge in [-0.2, -0.15) is 0 Å². The van der Waals surface area contributed by atoms with Crippen LogP contribution in [0.3, 0.4) is 0 Å². The van der Waals surface area contributed by atoms with E-state index in [1.54, 1.807) is 0 Å². The molecule has 1 saturated heterocycles. The van der Waals surface area contributed by atoms with Crippen molar-refractivity contribution in [1.29, 1.82) is 0 Å². The molecular weight excluding hydrogens is 222 g/mol. The van der Waals surface area contributed by atoms with Crippen molar-refractivity contribution in [3.8, 4) is 0 Å². The van der Waals surface area contributed by atoms with Gasteiger partial charge in [-0.3, -0.25) is 0 Å². The molecule has 18 heavy (non-hydrogen) atoms. The van der Waals surface area contributed by atoms with E-state index in [2.05, 4.69) is 23.2 Å². The molecule has 1 aliphatic heterocycles. The van der Waals surface area contributed by atoms with Gasteiger partial charge in [0.1, 0.15) is 0 Å². The molecule has 0 radical (unpaired) electrons. The van der Waals surface area contributed by atoms with Gasteiger partial charge in [0.15, 0.2) is 0 Å². The van der Waals surface area contributed by atoms with E-state index < -0.39 is 0 Å². The molecule has 3 N–H and O–H groups in total. The first-order valence-corrected chi connectivity index (χ1v) is 7.08. The fourth-order valence-electron chi connectivity index (χ4n) is 2.55. The van der Waals surface area contributed by atoms with Crippen LogP contribution in [0.5, 0.6) is 0 Å². The zero-order valence-corrected chi connectivity index (χ0v) is 11.4. The number of likely N-dealkylation sites (tertiary alicyclic amines) is 1. The minimum absolute atomic E-state index is 0.870. The predicted molar refractivity (Wildman–Crippen MR) is 79.0 cm³/mol. The van der Waals surface area contributed by atoms with Gasteiger partial charge in [0.2, 0.25) is 0 Å². The average Bonchev–Trinajstić information content (AvgIpc) is 2.63. The van der Waals surface area contributed by atoms with Gasteiger partial charge >= 0.3 is 0 Å². The van der Waals surface area contributed by atoms with E-state index in [9.17, 15) is 0 Å². The first-order valence-electron chi connectivity index (χ1n) is 7.08. The molecule has 1 fully saturated rings. The third-order valence-corrected chi connectivity index (χ3v) is 3.82. The highest BCUT2D eigenvalue weighted by atomic mass is 15.1. The monoisotopic (exact) mass is 247 g/mol. The van der Waals surface area contributed by atoms with E-state index >= 15 is 0 Å². The highest BCUT2D eigenvalue weighted by Crippen LogP contribution is 2.20. The summed E-state index contributed by atoms with van der Waals surface area (Å²) in [5.41, 5.74) is 9.11. The van der Waals surface area contributed by atoms with E-state index in [1.807, 2.05) is 12.1 Å². The van der Waals surface area contributed by atoms with E-state index in [-0.39, 0.29) is 0 Å². The Kier molecular flexibility index (Phi) is 4.88. The normalized spacial score (nSPS) is 17.4. The minimum atomic E-state index is 0.870. The molecule has 0 unspecified atom stereocenters. The second kappa shape index (κ2) is 6.64. The fourth-order valence-corrected chi connectivity index (χ4v) is 2.55. The molecule has 100 valence electrons. The Bertz CT molecular complexity index is 368. The highest BCUT2D eigenvalue weighted by Gasteiger charge is 2.08. The molecule has 1 aromatic carbocycles. The summed E-state index contributed by atoms with van der Waals surface area (Å²) in [5.74, 6) is 0. The number of nitrogens with one attached hydrogen (secondary N) is 1. The van der Waals surface area contributed by atoms with Crippen LogP contribution < -0.4 is 11.1 Å². The molecule has 0 aromatic heterocycles.